The van der Waals surface area contributed by atoms with Crippen molar-refractivity contribution in [2.75, 3.05) is 5.73 Å². The Hall–Kier alpha value is -2.06. The average molecular weight is 307 g/mol. The number of benzene rings is 2. The third-order valence-corrected chi connectivity index (χ3v) is 2.87. The summed E-state index contributed by atoms with van der Waals surface area (Å²) in [5.41, 5.74) is 6.37. The van der Waals surface area contributed by atoms with Gasteiger partial charge < -0.3 is 10.5 Å². The Morgan fingerprint density at radius 2 is 1.89 bits per heavy atom. The van der Waals surface area contributed by atoms with E-state index in [-0.39, 0.29) is 5.69 Å². The molecular weight excluding hydrogens is 299 g/mol. The van der Waals surface area contributed by atoms with E-state index >= 15 is 0 Å². The third kappa shape index (κ3) is 2.60. The van der Waals surface area contributed by atoms with Crippen LogP contribution in [0.5, 0.6) is 11.5 Å². The molecular formula is C13H8BrFN2O. The summed E-state index contributed by atoms with van der Waals surface area (Å²) in [6.07, 6.45) is 0. The second-order valence-electron chi connectivity index (χ2n) is 3.54. The minimum absolute atomic E-state index is 0.214. The normalized spacial score (nSPS) is 9.83. The molecule has 0 aliphatic rings. The van der Waals surface area contributed by atoms with Gasteiger partial charge in [-0.1, -0.05) is 0 Å². The van der Waals surface area contributed by atoms with E-state index in [1.807, 2.05) is 6.07 Å². The van der Waals surface area contributed by atoms with Crippen LogP contribution in [-0.2, 0) is 0 Å². The summed E-state index contributed by atoms with van der Waals surface area (Å²) in [5.74, 6) is 0.452. The van der Waals surface area contributed by atoms with Gasteiger partial charge in [0.25, 0.3) is 0 Å². The van der Waals surface area contributed by atoms with Crippen LogP contribution in [0.15, 0.2) is 40.9 Å². The first kappa shape index (κ1) is 12.4. The largest absolute Gasteiger partial charge is 0.454 e. The Bertz CT molecular complexity index is 637. The van der Waals surface area contributed by atoms with E-state index in [1.165, 1.54) is 18.2 Å². The van der Waals surface area contributed by atoms with Gasteiger partial charge in [-0.15, -0.1) is 0 Å². The van der Waals surface area contributed by atoms with Gasteiger partial charge in [0.1, 0.15) is 11.6 Å². The van der Waals surface area contributed by atoms with Crippen molar-refractivity contribution in [2.24, 2.45) is 0 Å². The van der Waals surface area contributed by atoms with Crippen molar-refractivity contribution in [3.8, 4) is 17.6 Å². The molecule has 0 saturated carbocycles. The number of ether oxygens (including phenoxy) is 1. The van der Waals surface area contributed by atoms with Crippen molar-refractivity contribution < 1.29 is 9.13 Å². The highest BCUT2D eigenvalue weighted by Crippen LogP contribution is 2.33. The first-order chi connectivity index (χ1) is 8.60. The zero-order chi connectivity index (χ0) is 13.1. The summed E-state index contributed by atoms with van der Waals surface area (Å²) in [5, 5.41) is 8.74. The van der Waals surface area contributed by atoms with Gasteiger partial charge in [-0.2, -0.15) is 5.26 Å². The smallest absolute Gasteiger partial charge is 0.150 e. The highest BCUT2D eigenvalue weighted by Gasteiger charge is 2.07. The number of hydrogen-bond acceptors (Lipinski definition) is 3. The highest BCUT2D eigenvalue weighted by molar-refractivity contribution is 9.10. The van der Waals surface area contributed by atoms with E-state index in [2.05, 4.69) is 15.9 Å². The van der Waals surface area contributed by atoms with Gasteiger partial charge in [0, 0.05) is 6.07 Å². The van der Waals surface area contributed by atoms with E-state index in [9.17, 15) is 4.39 Å². The van der Waals surface area contributed by atoms with Crippen LogP contribution >= 0.6 is 15.9 Å². The molecule has 0 aliphatic carbocycles. The van der Waals surface area contributed by atoms with Crippen molar-refractivity contribution >= 4 is 21.6 Å². The van der Waals surface area contributed by atoms with Gasteiger partial charge >= 0.3 is 0 Å². The van der Waals surface area contributed by atoms with Gasteiger partial charge in [-0.05, 0) is 46.3 Å². The fourth-order valence-corrected chi connectivity index (χ4v) is 1.84. The lowest BCUT2D eigenvalue weighted by atomic mass is 10.2. The first-order valence-corrected chi connectivity index (χ1v) is 5.82. The Kier molecular flexibility index (Phi) is 3.49. The molecule has 0 saturated heterocycles. The molecule has 0 aromatic heterocycles. The van der Waals surface area contributed by atoms with Crippen molar-refractivity contribution in [1.29, 1.82) is 5.26 Å². The number of hydrogen-bond donors (Lipinski definition) is 1. The van der Waals surface area contributed by atoms with E-state index in [0.717, 1.165) is 0 Å². The lowest BCUT2D eigenvalue weighted by molar-refractivity contribution is 0.480. The second-order valence-corrected chi connectivity index (χ2v) is 4.40. The Labute approximate surface area is 112 Å². The molecule has 0 atom stereocenters. The zero-order valence-corrected chi connectivity index (χ0v) is 10.7. The number of nitrogens with two attached hydrogens (primary N) is 1. The van der Waals surface area contributed by atoms with Crippen LogP contribution in [0.25, 0.3) is 0 Å². The van der Waals surface area contributed by atoms with E-state index in [1.54, 1.807) is 18.2 Å². The predicted molar refractivity (Wildman–Crippen MR) is 69.7 cm³/mol. The van der Waals surface area contributed by atoms with Crippen LogP contribution in [0.2, 0.25) is 0 Å². The number of halogens is 2. The standard InChI is InChI=1S/C13H8BrFN2O/c14-10-5-8(7-16)1-3-12(10)18-13-4-2-9(15)6-11(13)17/h1-6H,17H2. The highest BCUT2D eigenvalue weighted by atomic mass is 79.9. The summed E-state index contributed by atoms with van der Waals surface area (Å²) in [6.45, 7) is 0. The van der Waals surface area contributed by atoms with Crippen LogP contribution in [0.1, 0.15) is 5.56 Å². The minimum Gasteiger partial charge on any atom is -0.454 e. The molecule has 0 unspecified atom stereocenters. The fraction of sp³-hybridized carbons (Fsp3) is 0. The number of nitriles is 1. The lowest BCUT2D eigenvalue weighted by Gasteiger charge is -2.10. The summed E-state index contributed by atoms with van der Waals surface area (Å²) < 4.78 is 19.1. The van der Waals surface area contributed by atoms with Gasteiger partial charge in [0.15, 0.2) is 5.75 Å². The molecule has 2 rings (SSSR count). The third-order valence-electron chi connectivity index (χ3n) is 2.25. The van der Waals surface area contributed by atoms with Crippen LogP contribution < -0.4 is 10.5 Å². The Morgan fingerprint density at radius 3 is 2.50 bits per heavy atom. The molecule has 0 spiro atoms. The molecule has 2 aromatic rings. The topological polar surface area (TPSA) is 59.0 Å². The number of anilines is 1. The number of nitrogens with zero attached hydrogens (tertiary/aromatic N) is 1. The van der Waals surface area contributed by atoms with Crippen molar-refractivity contribution in [3.05, 3.63) is 52.3 Å². The van der Waals surface area contributed by atoms with Crippen LogP contribution in [0.3, 0.4) is 0 Å². The molecule has 5 heteroatoms. The van der Waals surface area contributed by atoms with Gasteiger partial charge in [0.05, 0.1) is 21.8 Å². The fourth-order valence-electron chi connectivity index (χ4n) is 1.38. The number of nitrogen functional groups attached to an aromatic ring is 1. The van der Waals surface area contributed by atoms with Crippen molar-refractivity contribution in [1.82, 2.24) is 0 Å². The molecule has 3 nitrogen and oxygen atoms in total. The zero-order valence-electron chi connectivity index (χ0n) is 9.15. The van der Waals surface area contributed by atoms with Crippen molar-refractivity contribution in [3.63, 3.8) is 0 Å². The molecule has 0 fully saturated rings. The first-order valence-electron chi connectivity index (χ1n) is 5.02. The Morgan fingerprint density at radius 1 is 1.17 bits per heavy atom. The maximum atomic E-state index is 12.9. The quantitative estimate of drug-likeness (QED) is 0.858. The Balaban J connectivity index is 2.32. The maximum absolute atomic E-state index is 12.9. The van der Waals surface area contributed by atoms with Crippen LogP contribution in [0, 0.1) is 17.1 Å². The minimum atomic E-state index is -0.418. The van der Waals surface area contributed by atoms with Gasteiger partial charge in [-0.25, -0.2) is 4.39 Å². The number of rotatable bonds is 2. The molecule has 0 heterocycles. The molecule has 2 aromatic carbocycles. The van der Waals surface area contributed by atoms with Crippen LogP contribution in [-0.4, -0.2) is 0 Å². The summed E-state index contributed by atoms with van der Waals surface area (Å²) in [7, 11) is 0. The molecule has 18 heavy (non-hydrogen) atoms. The molecule has 0 bridgehead atoms. The average Bonchev–Trinajstić information content (AvgIpc) is 2.34. The predicted octanol–water partition coefficient (Wildman–Crippen LogP) is 3.83. The summed E-state index contributed by atoms with van der Waals surface area (Å²) in [6, 6.07) is 10.8. The van der Waals surface area contributed by atoms with E-state index in [4.69, 9.17) is 15.7 Å². The summed E-state index contributed by atoms with van der Waals surface area (Å²) in [4.78, 5) is 0. The van der Waals surface area contributed by atoms with E-state index in [0.29, 0.717) is 21.5 Å². The van der Waals surface area contributed by atoms with Gasteiger partial charge in [-0.3, -0.25) is 0 Å². The second kappa shape index (κ2) is 5.07. The van der Waals surface area contributed by atoms with Crippen molar-refractivity contribution in [2.45, 2.75) is 0 Å². The SMILES string of the molecule is N#Cc1ccc(Oc2ccc(F)cc2N)c(Br)c1. The molecule has 90 valence electrons. The monoisotopic (exact) mass is 306 g/mol. The molecule has 0 radical (unpaired) electrons. The molecule has 0 amide bonds. The molecule has 0 aliphatic heterocycles. The lowest BCUT2D eigenvalue weighted by Crippen LogP contribution is -1.93. The maximum Gasteiger partial charge on any atom is 0.150 e. The van der Waals surface area contributed by atoms with Gasteiger partial charge in [0.2, 0.25) is 0 Å². The summed E-state index contributed by atoms with van der Waals surface area (Å²) >= 11 is 3.29. The van der Waals surface area contributed by atoms with E-state index < -0.39 is 5.82 Å². The molecule has 2 N–H and O–H groups in total. The van der Waals surface area contributed by atoms with Crippen LogP contribution in [0.4, 0.5) is 10.1 Å².